The molecule has 0 aromatic carbocycles. The van der Waals surface area contributed by atoms with Gasteiger partial charge in [-0.3, -0.25) is 4.79 Å². The summed E-state index contributed by atoms with van der Waals surface area (Å²) in [6, 6.07) is -1.48. The van der Waals surface area contributed by atoms with Crippen molar-refractivity contribution in [3.05, 3.63) is 12.7 Å². The number of rotatable bonds is 1. The molecule has 0 aromatic heterocycles. The summed E-state index contributed by atoms with van der Waals surface area (Å²) in [6.07, 6.45) is 0.611. The van der Waals surface area contributed by atoms with Crippen molar-refractivity contribution in [3.63, 3.8) is 0 Å². The van der Waals surface area contributed by atoms with Crippen LogP contribution in [0, 0.1) is 0 Å². The standard InChI is InChI=1S/C3H3FO.Na.H/c1-2-3(4)5;;/h2H,1H2;;. The van der Waals surface area contributed by atoms with Crippen LogP contribution in [0.5, 0.6) is 0 Å². The molecule has 0 bridgehead atoms. The van der Waals surface area contributed by atoms with Crippen LogP contribution in [0.3, 0.4) is 0 Å². The summed E-state index contributed by atoms with van der Waals surface area (Å²) in [4.78, 5) is 9.03. The van der Waals surface area contributed by atoms with Gasteiger partial charge in [0.25, 0.3) is 0 Å². The predicted octanol–water partition coefficient (Wildman–Crippen LogP) is 0.0200. The van der Waals surface area contributed by atoms with Crippen LogP contribution in [0.2, 0.25) is 0 Å². The summed E-state index contributed by atoms with van der Waals surface area (Å²) >= 11 is 0. The second kappa shape index (κ2) is 5.34. The van der Waals surface area contributed by atoms with Gasteiger partial charge in [-0.25, -0.2) is 0 Å². The van der Waals surface area contributed by atoms with Crippen molar-refractivity contribution in [2.75, 3.05) is 0 Å². The molecule has 3 heteroatoms. The van der Waals surface area contributed by atoms with E-state index >= 15 is 0 Å². The van der Waals surface area contributed by atoms with Crippen LogP contribution in [0.1, 0.15) is 0 Å². The Bertz CT molecular complexity index is 61.8. The van der Waals surface area contributed by atoms with Crippen molar-refractivity contribution < 1.29 is 9.18 Å². The average molecular weight is 98.1 g/mol. The van der Waals surface area contributed by atoms with E-state index in [0.717, 1.165) is 0 Å². The molecule has 1 nitrogen and oxygen atoms in total. The zero-order chi connectivity index (χ0) is 4.28. The van der Waals surface area contributed by atoms with E-state index in [1.165, 1.54) is 0 Å². The van der Waals surface area contributed by atoms with Crippen LogP contribution in [-0.4, -0.2) is 35.6 Å². The third-order valence-electron chi connectivity index (χ3n) is 0.160. The number of halogens is 1. The molecule has 0 N–H and O–H groups in total. The Morgan fingerprint density at radius 2 is 2.00 bits per heavy atom. The molecule has 0 aliphatic heterocycles. The van der Waals surface area contributed by atoms with Gasteiger partial charge in [0.2, 0.25) is 0 Å². The molecule has 0 radical (unpaired) electrons. The maximum absolute atomic E-state index is 10.7. The summed E-state index contributed by atoms with van der Waals surface area (Å²) < 4.78 is 10.7. The van der Waals surface area contributed by atoms with Gasteiger partial charge >= 0.3 is 35.6 Å². The van der Waals surface area contributed by atoms with Crippen LogP contribution in [0.15, 0.2) is 12.7 Å². The Morgan fingerprint density at radius 1 is 1.83 bits per heavy atom. The number of carbonyl (C=O) groups excluding carboxylic acids is 1. The fourth-order valence-electron chi connectivity index (χ4n) is 0. The van der Waals surface area contributed by atoms with Gasteiger partial charge in [0.1, 0.15) is 0 Å². The SMILES string of the molecule is C=CC(=O)F.[NaH]. The third kappa shape index (κ3) is 8.84. The van der Waals surface area contributed by atoms with Gasteiger partial charge in [-0.15, -0.1) is 0 Å². The second-order valence-corrected chi connectivity index (χ2v) is 0.508. The van der Waals surface area contributed by atoms with Crippen molar-refractivity contribution in [2.24, 2.45) is 0 Å². The summed E-state index contributed by atoms with van der Waals surface area (Å²) in [6.45, 7) is 2.84. The molecule has 30 valence electrons. The molecule has 0 unspecified atom stereocenters. The minimum absolute atomic E-state index is 0. The number of hydrogen-bond donors (Lipinski definition) is 0. The van der Waals surface area contributed by atoms with Gasteiger partial charge in [-0.05, 0) is 0 Å². The van der Waals surface area contributed by atoms with E-state index in [-0.39, 0.29) is 29.6 Å². The van der Waals surface area contributed by atoms with E-state index in [1.807, 2.05) is 0 Å². The quantitative estimate of drug-likeness (QED) is 0.256. The number of hydrogen-bond acceptors (Lipinski definition) is 1. The first-order valence-corrected chi connectivity index (χ1v) is 1.09. The summed E-state index contributed by atoms with van der Waals surface area (Å²) in [5.74, 6) is 0. The van der Waals surface area contributed by atoms with Gasteiger partial charge < -0.3 is 0 Å². The minimum atomic E-state index is -1.48. The van der Waals surface area contributed by atoms with E-state index in [2.05, 4.69) is 6.58 Å². The average Bonchev–Trinajstić information content (AvgIpc) is 1.38. The zero-order valence-electron chi connectivity index (χ0n) is 2.57. The van der Waals surface area contributed by atoms with Crippen molar-refractivity contribution >= 4 is 35.6 Å². The summed E-state index contributed by atoms with van der Waals surface area (Å²) in [7, 11) is 0. The molecule has 0 rings (SSSR count). The fraction of sp³-hybridized carbons (Fsp3) is 0. The molecule has 0 heterocycles. The van der Waals surface area contributed by atoms with Gasteiger partial charge in [0, 0.05) is 6.08 Å². The van der Waals surface area contributed by atoms with Crippen LogP contribution in [-0.2, 0) is 4.79 Å². The van der Waals surface area contributed by atoms with Gasteiger partial charge in [-0.2, -0.15) is 4.39 Å². The first-order valence-electron chi connectivity index (χ1n) is 1.09. The molecular weight excluding hydrogens is 94.0 g/mol. The molecule has 0 aliphatic carbocycles. The molecular formula is C3H4FNaO. The Hall–Kier alpha value is 0.340. The normalized spacial score (nSPS) is 5.50. The van der Waals surface area contributed by atoms with Crippen LogP contribution < -0.4 is 0 Å². The molecule has 0 atom stereocenters. The van der Waals surface area contributed by atoms with E-state index in [1.54, 1.807) is 0 Å². The second-order valence-electron chi connectivity index (χ2n) is 0.508. The Balaban J connectivity index is 0. The topological polar surface area (TPSA) is 17.1 Å². The van der Waals surface area contributed by atoms with Crippen molar-refractivity contribution in [3.8, 4) is 0 Å². The molecule has 6 heavy (non-hydrogen) atoms. The van der Waals surface area contributed by atoms with Gasteiger partial charge in [0.05, 0.1) is 0 Å². The Labute approximate surface area is 57.5 Å². The molecule has 0 amide bonds. The molecule has 0 spiro atoms. The van der Waals surface area contributed by atoms with Crippen molar-refractivity contribution in [1.82, 2.24) is 0 Å². The first-order chi connectivity index (χ1) is 2.27. The van der Waals surface area contributed by atoms with E-state index in [0.29, 0.717) is 6.08 Å². The van der Waals surface area contributed by atoms with E-state index < -0.39 is 6.04 Å². The monoisotopic (exact) mass is 98.0 g/mol. The molecule has 0 aliphatic rings. The Kier molecular flexibility index (Phi) is 8.54. The maximum atomic E-state index is 10.7. The van der Waals surface area contributed by atoms with Gasteiger partial charge in [0.15, 0.2) is 0 Å². The van der Waals surface area contributed by atoms with Gasteiger partial charge in [-0.1, -0.05) is 6.58 Å². The number of allylic oxidation sites excluding steroid dienone is 1. The fourth-order valence-corrected chi connectivity index (χ4v) is 0. The number of carbonyl (C=O) groups is 1. The molecule has 0 aromatic rings. The Morgan fingerprint density at radius 3 is 2.00 bits per heavy atom. The molecule has 0 saturated heterocycles. The van der Waals surface area contributed by atoms with Crippen molar-refractivity contribution in [2.45, 2.75) is 0 Å². The van der Waals surface area contributed by atoms with Crippen LogP contribution in [0.25, 0.3) is 0 Å². The van der Waals surface area contributed by atoms with Crippen LogP contribution >= 0.6 is 0 Å². The first kappa shape index (κ1) is 9.60. The third-order valence-corrected chi connectivity index (χ3v) is 0.160. The van der Waals surface area contributed by atoms with E-state index in [4.69, 9.17) is 4.79 Å². The molecule has 0 fully saturated rings. The van der Waals surface area contributed by atoms with Crippen molar-refractivity contribution in [1.29, 1.82) is 0 Å². The predicted molar refractivity (Wildman–Crippen MR) is 23.5 cm³/mol. The van der Waals surface area contributed by atoms with E-state index in [9.17, 15) is 4.39 Å². The summed E-state index contributed by atoms with van der Waals surface area (Å²) in [5.41, 5.74) is 0. The molecule has 0 saturated carbocycles. The summed E-state index contributed by atoms with van der Waals surface area (Å²) in [5, 5.41) is 0. The zero-order valence-corrected chi connectivity index (χ0v) is 2.57. The van der Waals surface area contributed by atoms with Crippen LogP contribution in [0.4, 0.5) is 4.39 Å².